The topological polar surface area (TPSA) is 69.7 Å². The van der Waals surface area contributed by atoms with E-state index in [4.69, 9.17) is 6.42 Å². The lowest BCUT2D eigenvalue weighted by atomic mass is 10.2. The first-order valence-corrected chi connectivity index (χ1v) is 9.06. The van der Waals surface area contributed by atoms with Crippen LogP contribution in [-0.4, -0.2) is 62.8 Å². The van der Waals surface area contributed by atoms with Gasteiger partial charge in [-0.2, -0.15) is 4.31 Å². The van der Waals surface area contributed by atoms with Gasteiger partial charge in [0.25, 0.3) is 0 Å². The molecule has 1 aliphatic rings. The molecule has 23 heavy (non-hydrogen) atoms. The van der Waals surface area contributed by atoms with Gasteiger partial charge in [-0.25, -0.2) is 8.42 Å². The van der Waals surface area contributed by atoms with Gasteiger partial charge < -0.3 is 5.32 Å². The summed E-state index contributed by atoms with van der Waals surface area (Å²) in [6.45, 7) is 2.34. The summed E-state index contributed by atoms with van der Waals surface area (Å²) >= 11 is 0. The van der Waals surface area contributed by atoms with Gasteiger partial charge in [-0.1, -0.05) is 36.3 Å². The van der Waals surface area contributed by atoms with E-state index in [0.29, 0.717) is 26.2 Å². The van der Waals surface area contributed by atoms with Gasteiger partial charge in [0.2, 0.25) is 15.9 Å². The Kier molecular flexibility index (Phi) is 6.16. The van der Waals surface area contributed by atoms with Gasteiger partial charge in [0, 0.05) is 26.2 Å². The second kappa shape index (κ2) is 8.11. The first-order valence-electron chi connectivity index (χ1n) is 7.45. The normalized spacial score (nSPS) is 16.7. The molecule has 0 bridgehead atoms. The molecular formula is C16H21N3O3S. The molecule has 0 atom stereocenters. The van der Waals surface area contributed by atoms with E-state index in [0.717, 1.165) is 5.56 Å². The highest BCUT2D eigenvalue weighted by Gasteiger charge is 2.27. The number of terminal acetylenes is 1. The summed E-state index contributed by atoms with van der Waals surface area (Å²) in [6.07, 6.45) is 5.09. The standard InChI is InChI=1S/C16H21N3O3S/c1-2-8-17-16(20)13-18-9-11-19(12-10-18)23(21,22)14-15-6-4-3-5-7-15/h1,3-7H,8-14H2,(H,17,20). The largest absolute Gasteiger partial charge is 0.344 e. The van der Waals surface area contributed by atoms with E-state index >= 15 is 0 Å². The highest BCUT2D eigenvalue weighted by atomic mass is 32.2. The van der Waals surface area contributed by atoms with Gasteiger partial charge >= 0.3 is 0 Å². The van der Waals surface area contributed by atoms with E-state index in [1.165, 1.54) is 4.31 Å². The Labute approximate surface area is 137 Å². The summed E-state index contributed by atoms with van der Waals surface area (Å²) in [5.74, 6) is 2.22. The van der Waals surface area contributed by atoms with Crippen molar-refractivity contribution in [3.8, 4) is 12.3 Å². The zero-order valence-corrected chi connectivity index (χ0v) is 13.8. The van der Waals surface area contributed by atoms with Crippen LogP contribution < -0.4 is 5.32 Å². The maximum absolute atomic E-state index is 12.4. The van der Waals surface area contributed by atoms with Crippen LogP contribution in [0.5, 0.6) is 0 Å². The number of nitrogens with zero attached hydrogens (tertiary/aromatic N) is 2. The minimum atomic E-state index is -3.32. The second-order valence-corrected chi connectivity index (χ2v) is 7.37. The smallest absolute Gasteiger partial charge is 0.234 e. The number of carbonyl (C=O) groups is 1. The van der Waals surface area contributed by atoms with Gasteiger partial charge in [0.05, 0.1) is 18.8 Å². The molecule has 1 N–H and O–H groups in total. The third-order valence-electron chi connectivity index (χ3n) is 3.67. The molecule has 0 aliphatic carbocycles. The van der Waals surface area contributed by atoms with Crippen LogP contribution in [0.4, 0.5) is 0 Å². The predicted octanol–water partition coefficient (Wildman–Crippen LogP) is -0.117. The minimum Gasteiger partial charge on any atom is -0.344 e. The van der Waals surface area contributed by atoms with Crippen LogP contribution >= 0.6 is 0 Å². The Bertz CT molecular complexity index is 660. The summed E-state index contributed by atoms with van der Waals surface area (Å²) in [5.41, 5.74) is 0.781. The van der Waals surface area contributed by atoms with Crippen molar-refractivity contribution in [2.45, 2.75) is 5.75 Å². The molecule has 1 aromatic carbocycles. The fraction of sp³-hybridized carbons (Fsp3) is 0.438. The minimum absolute atomic E-state index is 0.0104. The highest BCUT2D eigenvalue weighted by Crippen LogP contribution is 2.13. The molecule has 0 aromatic heterocycles. The van der Waals surface area contributed by atoms with Crippen molar-refractivity contribution < 1.29 is 13.2 Å². The first kappa shape index (κ1) is 17.5. The molecule has 6 nitrogen and oxygen atoms in total. The van der Waals surface area contributed by atoms with Crippen LogP contribution in [-0.2, 0) is 20.6 Å². The molecule has 0 radical (unpaired) electrons. The van der Waals surface area contributed by atoms with Crippen molar-refractivity contribution >= 4 is 15.9 Å². The number of rotatable bonds is 6. The summed E-state index contributed by atoms with van der Waals surface area (Å²) in [6, 6.07) is 9.14. The number of amides is 1. The molecule has 1 amide bonds. The quantitative estimate of drug-likeness (QED) is 0.736. The Hall–Kier alpha value is -1.88. The maximum atomic E-state index is 12.4. The van der Waals surface area contributed by atoms with Crippen molar-refractivity contribution in [3.05, 3.63) is 35.9 Å². The third-order valence-corrected chi connectivity index (χ3v) is 5.52. The van der Waals surface area contributed by atoms with Gasteiger partial charge in [-0.3, -0.25) is 9.69 Å². The molecule has 1 fully saturated rings. The fourth-order valence-corrected chi connectivity index (χ4v) is 3.97. The zero-order chi connectivity index (χ0) is 16.7. The fourth-order valence-electron chi connectivity index (χ4n) is 2.45. The lowest BCUT2D eigenvalue weighted by molar-refractivity contribution is -0.122. The monoisotopic (exact) mass is 335 g/mol. The molecule has 1 heterocycles. The van der Waals surface area contributed by atoms with E-state index in [2.05, 4.69) is 11.2 Å². The van der Waals surface area contributed by atoms with Crippen LogP contribution in [0.2, 0.25) is 0 Å². The molecule has 124 valence electrons. The van der Waals surface area contributed by atoms with Crippen molar-refractivity contribution in [2.24, 2.45) is 0 Å². The van der Waals surface area contributed by atoms with Crippen molar-refractivity contribution in [1.29, 1.82) is 0 Å². The zero-order valence-electron chi connectivity index (χ0n) is 12.9. The molecule has 7 heteroatoms. The summed E-state index contributed by atoms with van der Waals surface area (Å²) in [7, 11) is -3.32. The molecule has 1 aliphatic heterocycles. The maximum Gasteiger partial charge on any atom is 0.234 e. The number of hydrogen-bond donors (Lipinski definition) is 1. The van der Waals surface area contributed by atoms with E-state index in [1.54, 1.807) is 0 Å². The lowest BCUT2D eigenvalue weighted by Crippen LogP contribution is -2.51. The van der Waals surface area contributed by atoms with E-state index in [9.17, 15) is 13.2 Å². The van der Waals surface area contributed by atoms with Gasteiger partial charge in [0.15, 0.2) is 0 Å². The Morgan fingerprint density at radius 2 is 1.83 bits per heavy atom. The average molecular weight is 335 g/mol. The van der Waals surface area contributed by atoms with Crippen molar-refractivity contribution in [3.63, 3.8) is 0 Å². The van der Waals surface area contributed by atoms with Crippen LogP contribution in [0, 0.1) is 12.3 Å². The SMILES string of the molecule is C#CCNC(=O)CN1CCN(S(=O)(=O)Cc2ccccc2)CC1. The number of nitrogens with one attached hydrogen (secondary N) is 1. The summed E-state index contributed by atoms with van der Waals surface area (Å²) in [4.78, 5) is 13.5. The van der Waals surface area contributed by atoms with Crippen LogP contribution in [0.15, 0.2) is 30.3 Å². The van der Waals surface area contributed by atoms with Crippen LogP contribution in [0.3, 0.4) is 0 Å². The van der Waals surface area contributed by atoms with E-state index in [-0.39, 0.29) is 24.7 Å². The van der Waals surface area contributed by atoms with Gasteiger partial charge in [-0.15, -0.1) is 6.42 Å². The van der Waals surface area contributed by atoms with Gasteiger partial charge in [-0.05, 0) is 5.56 Å². The van der Waals surface area contributed by atoms with Gasteiger partial charge in [0.1, 0.15) is 0 Å². The lowest BCUT2D eigenvalue weighted by Gasteiger charge is -2.33. The molecular weight excluding hydrogens is 314 g/mol. The number of sulfonamides is 1. The number of hydrogen-bond acceptors (Lipinski definition) is 4. The molecule has 2 rings (SSSR count). The molecule has 1 saturated heterocycles. The molecule has 1 aromatic rings. The second-order valence-electron chi connectivity index (χ2n) is 5.40. The summed E-state index contributed by atoms with van der Waals surface area (Å²) < 4.78 is 26.4. The summed E-state index contributed by atoms with van der Waals surface area (Å²) in [5, 5.41) is 2.61. The predicted molar refractivity (Wildman–Crippen MR) is 88.9 cm³/mol. The van der Waals surface area contributed by atoms with Crippen molar-refractivity contribution in [2.75, 3.05) is 39.3 Å². The Morgan fingerprint density at radius 3 is 2.43 bits per heavy atom. The van der Waals surface area contributed by atoms with Crippen LogP contribution in [0.25, 0.3) is 0 Å². The highest BCUT2D eigenvalue weighted by molar-refractivity contribution is 7.88. The third kappa shape index (κ3) is 5.36. The van der Waals surface area contributed by atoms with E-state index in [1.807, 2.05) is 35.2 Å². The Balaban J connectivity index is 1.84. The average Bonchev–Trinajstić information content (AvgIpc) is 2.54. The first-order chi connectivity index (χ1) is 11.0. The molecule has 0 saturated carbocycles. The Morgan fingerprint density at radius 1 is 1.17 bits per heavy atom. The number of carbonyl (C=O) groups excluding carboxylic acids is 1. The van der Waals surface area contributed by atoms with E-state index < -0.39 is 10.0 Å². The molecule has 0 spiro atoms. The molecule has 0 unspecified atom stereocenters. The number of benzene rings is 1. The number of piperazine rings is 1. The van der Waals surface area contributed by atoms with Crippen LogP contribution in [0.1, 0.15) is 5.56 Å². The van der Waals surface area contributed by atoms with Crippen molar-refractivity contribution in [1.82, 2.24) is 14.5 Å².